The molecule has 0 bridgehead atoms. The van der Waals surface area contributed by atoms with Gasteiger partial charge in [-0.15, -0.1) is 11.3 Å². The van der Waals surface area contributed by atoms with E-state index < -0.39 is 0 Å². The molecule has 1 aliphatic rings. The van der Waals surface area contributed by atoms with Gasteiger partial charge in [-0.25, -0.2) is 15.8 Å². The fourth-order valence-corrected chi connectivity index (χ4v) is 3.96. The fourth-order valence-electron chi connectivity index (χ4n) is 2.68. The number of rotatable bonds is 5. The quantitative estimate of drug-likeness (QED) is 0.503. The summed E-state index contributed by atoms with van der Waals surface area (Å²) in [6, 6.07) is 0. The second kappa shape index (κ2) is 6.03. The molecule has 0 aliphatic heterocycles. The molecule has 0 saturated heterocycles. The van der Waals surface area contributed by atoms with Crippen molar-refractivity contribution in [2.24, 2.45) is 5.84 Å². The number of hydrogen-bond acceptors (Lipinski definition) is 6. The van der Waals surface area contributed by atoms with Crippen molar-refractivity contribution in [1.82, 2.24) is 9.97 Å². The third-order valence-electron chi connectivity index (χ3n) is 3.58. The molecule has 0 amide bonds. The lowest BCUT2D eigenvalue weighted by Gasteiger charge is -2.11. The van der Waals surface area contributed by atoms with Crippen LogP contribution in [-0.4, -0.2) is 16.6 Å². The van der Waals surface area contributed by atoms with Crippen LogP contribution in [0.25, 0.3) is 10.2 Å². The van der Waals surface area contributed by atoms with E-state index in [9.17, 15) is 0 Å². The SMILES string of the molecule is CCCOCc1nc(NN)c2c3c(sc2n1)CCCC3. The van der Waals surface area contributed by atoms with Crippen LogP contribution < -0.4 is 11.3 Å². The van der Waals surface area contributed by atoms with Gasteiger partial charge in [-0.3, -0.25) is 0 Å². The first kappa shape index (κ1) is 13.7. The van der Waals surface area contributed by atoms with Gasteiger partial charge in [0.1, 0.15) is 11.4 Å². The standard InChI is InChI=1S/C14H20N4OS/c1-2-7-19-8-11-16-13(18-15)12-9-5-3-4-6-10(9)20-14(12)17-11/h2-8,15H2,1H3,(H,16,17,18). The second-order valence-corrected chi connectivity index (χ2v) is 6.16. The van der Waals surface area contributed by atoms with Crippen LogP contribution in [0.3, 0.4) is 0 Å². The van der Waals surface area contributed by atoms with Gasteiger partial charge in [-0.2, -0.15) is 0 Å². The highest BCUT2D eigenvalue weighted by molar-refractivity contribution is 7.19. The van der Waals surface area contributed by atoms with Gasteiger partial charge >= 0.3 is 0 Å². The monoisotopic (exact) mass is 292 g/mol. The largest absolute Gasteiger partial charge is 0.373 e. The Morgan fingerprint density at radius 1 is 1.30 bits per heavy atom. The summed E-state index contributed by atoms with van der Waals surface area (Å²) >= 11 is 1.78. The van der Waals surface area contributed by atoms with Crippen molar-refractivity contribution in [2.45, 2.75) is 45.6 Å². The predicted molar refractivity (Wildman–Crippen MR) is 81.8 cm³/mol. The van der Waals surface area contributed by atoms with Gasteiger partial charge in [0, 0.05) is 11.5 Å². The van der Waals surface area contributed by atoms with Crippen molar-refractivity contribution in [2.75, 3.05) is 12.0 Å². The minimum atomic E-state index is 0.445. The zero-order valence-corrected chi connectivity index (χ0v) is 12.6. The minimum absolute atomic E-state index is 0.445. The molecule has 6 heteroatoms. The number of nitrogen functional groups attached to an aromatic ring is 1. The summed E-state index contributed by atoms with van der Waals surface area (Å²) < 4.78 is 5.53. The number of nitrogens with two attached hydrogens (primary N) is 1. The zero-order chi connectivity index (χ0) is 13.9. The number of nitrogens with zero attached hydrogens (tertiary/aromatic N) is 2. The zero-order valence-electron chi connectivity index (χ0n) is 11.7. The summed E-state index contributed by atoms with van der Waals surface area (Å²) in [4.78, 5) is 11.6. The number of anilines is 1. The summed E-state index contributed by atoms with van der Waals surface area (Å²) in [7, 11) is 0. The highest BCUT2D eigenvalue weighted by atomic mass is 32.1. The lowest BCUT2D eigenvalue weighted by atomic mass is 9.97. The molecule has 0 radical (unpaired) electrons. The van der Waals surface area contributed by atoms with E-state index in [1.165, 1.54) is 23.3 Å². The number of thiophene rings is 1. The van der Waals surface area contributed by atoms with Gasteiger partial charge in [-0.1, -0.05) is 6.92 Å². The van der Waals surface area contributed by atoms with Crippen LogP contribution in [-0.2, 0) is 24.2 Å². The number of aryl methyl sites for hydroxylation is 2. The summed E-state index contributed by atoms with van der Waals surface area (Å²) in [6.45, 7) is 3.26. The minimum Gasteiger partial charge on any atom is -0.373 e. The van der Waals surface area contributed by atoms with Crippen LogP contribution in [0.4, 0.5) is 5.82 Å². The maximum absolute atomic E-state index is 5.66. The van der Waals surface area contributed by atoms with Crippen molar-refractivity contribution in [3.8, 4) is 0 Å². The van der Waals surface area contributed by atoms with Gasteiger partial charge in [0.15, 0.2) is 11.6 Å². The number of nitrogens with one attached hydrogen (secondary N) is 1. The van der Waals surface area contributed by atoms with E-state index in [4.69, 9.17) is 10.6 Å². The molecule has 0 saturated carbocycles. The lowest BCUT2D eigenvalue weighted by molar-refractivity contribution is 0.116. The second-order valence-electron chi connectivity index (χ2n) is 5.08. The Balaban J connectivity index is 2.00. The van der Waals surface area contributed by atoms with Crippen molar-refractivity contribution in [1.29, 1.82) is 0 Å². The summed E-state index contributed by atoms with van der Waals surface area (Å²) in [5, 5.41) is 1.12. The molecule has 5 nitrogen and oxygen atoms in total. The molecule has 3 rings (SSSR count). The fraction of sp³-hybridized carbons (Fsp3) is 0.571. The van der Waals surface area contributed by atoms with Crippen molar-refractivity contribution in [3.63, 3.8) is 0 Å². The van der Waals surface area contributed by atoms with E-state index in [1.807, 2.05) is 0 Å². The van der Waals surface area contributed by atoms with E-state index in [1.54, 1.807) is 11.3 Å². The summed E-state index contributed by atoms with van der Waals surface area (Å²) in [5.74, 6) is 7.10. The Labute approximate surface area is 122 Å². The highest BCUT2D eigenvalue weighted by Crippen LogP contribution is 2.38. The van der Waals surface area contributed by atoms with E-state index in [0.29, 0.717) is 12.4 Å². The summed E-state index contributed by atoms with van der Waals surface area (Å²) in [6.07, 6.45) is 5.77. The lowest BCUT2D eigenvalue weighted by Crippen LogP contribution is -2.12. The molecule has 2 heterocycles. The Morgan fingerprint density at radius 2 is 2.15 bits per heavy atom. The topological polar surface area (TPSA) is 73.1 Å². The van der Waals surface area contributed by atoms with E-state index >= 15 is 0 Å². The Kier molecular flexibility index (Phi) is 4.14. The molecule has 0 atom stereocenters. The molecule has 20 heavy (non-hydrogen) atoms. The highest BCUT2D eigenvalue weighted by Gasteiger charge is 2.20. The Hall–Kier alpha value is -1.24. The molecule has 2 aromatic heterocycles. The number of aromatic nitrogens is 2. The number of fused-ring (bicyclic) bond motifs is 3. The summed E-state index contributed by atoms with van der Waals surface area (Å²) in [5.41, 5.74) is 4.13. The van der Waals surface area contributed by atoms with Gasteiger partial charge in [0.2, 0.25) is 0 Å². The first-order chi connectivity index (χ1) is 9.83. The van der Waals surface area contributed by atoms with Crippen molar-refractivity contribution in [3.05, 3.63) is 16.3 Å². The molecule has 0 spiro atoms. The first-order valence-electron chi connectivity index (χ1n) is 7.19. The third-order valence-corrected chi connectivity index (χ3v) is 4.76. The van der Waals surface area contributed by atoms with Crippen molar-refractivity contribution >= 4 is 27.4 Å². The average Bonchev–Trinajstić information content (AvgIpc) is 2.85. The number of hydrazine groups is 1. The van der Waals surface area contributed by atoms with Crippen molar-refractivity contribution < 1.29 is 4.74 Å². The van der Waals surface area contributed by atoms with E-state index in [2.05, 4.69) is 22.3 Å². The number of ether oxygens (including phenoxy) is 1. The molecule has 0 unspecified atom stereocenters. The number of hydrogen-bond donors (Lipinski definition) is 2. The molecule has 108 valence electrons. The Bertz CT molecular complexity index is 611. The van der Waals surface area contributed by atoms with Crippen LogP contribution in [0.5, 0.6) is 0 Å². The molecule has 1 aliphatic carbocycles. The molecular weight excluding hydrogens is 272 g/mol. The predicted octanol–water partition coefficient (Wildman–Crippen LogP) is 2.78. The van der Waals surface area contributed by atoms with Gasteiger partial charge < -0.3 is 10.2 Å². The molecular formula is C14H20N4OS. The Morgan fingerprint density at radius 3 is 2.95 bits per heavy atom. The maximum atomic E-state index is 5.66. The third kappa shape index (κ3) is 2.51. The van der Waals surface area contributed by atoms with Gasteiger partial charge in [0.25, 0.3) is 0 Å². The van der Waals surface area contributed by atoms with Crippen LogP contribution >= 0.6 is 11.3 Å². The van der Waals surface area contributed by atoms with Crippen LogP contribution in [0, 0.1) is 0 Å². The van der Waals surface area contributed by atoms with Crippen LogP contribution in [0.2, 0.25) is 0 Å². The van der Waals surface area contributed by atoms with E-state index in [-0.39, 0.29) is 0 Å². The van der Waals surface area contributed by atoms with Crippen LogP contribution in [0.15, 0.2) is 0 Å². The normalized spacial score (nSPS) is 14.5. The van der Waals surface area contributed by atoms with Gasteiger partial charge in [-0.05, 0) is 37.7 Å². The van der Waals surface area contributed by atoms with E-state index in [0.717, 1.165) is 41.9 Å². The maximum Gasteiger partial charge on any atom is 0.158 e. The molecule has 3 N–H and O–H groups in total. The molecule has 0 fully saturated rings. The first-order valence-corrected chi connectivity index (χ1v) is 8.00. The van der Waals surface area contributed by atoms with Gasteiger partial charge in [0.05, 0.1) is 5.39 Å². The average molecular weight is 292 g/mol. The smallest absolute Gasteiger partial charge is 0.158 e. The molecule has 2 aromatic rings. The van der Waals surface area contributed by atoms with Crippen LogP contribution in [0.1, 0.15) is 42.5 Å². The molecule has 0 aromatic carbocycles.